The molecule has 3 aliphatic rings. The van der Waals surface area contributed by atoms with Crippen molar-refractivity contribution < 1.29 is 23.9 Å². The molecule has 5 heterocycles. The van der Waals surface area contributed by atoms with E-state index in [0.717, 1.165) is 62.1 Å². The number of hydrogen-bond acceptors (Lipinski definition) is 6. The highest BCUT2D eigenvalue weighted by Gasteiger charge is 2.52. The standard InChI is InChI=1S/C26H29NO4S2/c28-24(26(29,21-7-17-32-19-21)22-8-18-33-20-22)31-25-9-13-27(14-10-25,15-11-25)12-4-16-30-23-5-2-1-3-6-23/h1-3,5-8,17-20H,4,9-16H2. The molecule has 0 unspecified atom stereocenters. The van der Waals surface area contributed by atoms with E-state index in [1.807, 2.05) is 41.1 Å². The van der Waals surface area contributed by atoms with Crippen LogP contribution in [-0.4, -0.2) is 48.8 Å². The fourth-order valence-electron chi connectivity index (χ4n) is 5.23. The Labute approximate surface area is 202 Å². The molecule has 0 amide bonds. The number of carbonyl (C=O) groups excluding carboxylic acids is 1. The van der Waals surface area contributed by atoms with Gasteiger partial charge in [-0.1, -0.05) is 18.2 Å². The monoisotopic (exact) mass is 483 g/mol. The maximum Gasteiger partial charge on any atom is 0.304 e. The van der Waals surface area contributed by atoms with Crippen LogP contribution in [0.4, 0.5) is 0 Å². The Bertz CT molecular complexity index is 991. The van der Waals surface area contributed by atoms with E-state index in [-0.39, 0.29) is 0 Å². The fraction of sp³-hybridized carbons (Fsp3) is 0.423. The minimum atomic E-state index is -2.00. The molecule has 3 aliphatic heterocycles. The van der Waals surface area contributed by atoms with Crippen LogP contribution in [-0.2, 0) is 15.1 Å². The minimum absolute atomic E-state index is 0.475. The second kappa shape index (κ2) is 9.22. The molecule has 0 saturated carbocycles. The van der Waals surface area contributed by atoms with E-state index in [4.69, 9.17) is 9.47 Å². The third kappa shape index (κ3) is 4.47. The topological polar surface area (TPSA) is 58.6 Å². The van der Waals surface area contributed by atoms with Crippen molar-refractivity contribution in [3.63, 3.8) is 0 Å². The molecule has 3 saturated heterocycles. The Balaban J connectivity index is 1.20. The van der Waals surface area contributed by atoms with Crippen molar-refractivity contribution in [1.82, 2.24) is 0 Å². The van der Waals surface area contributed by atoms with E-state index >= 15 is 0 Å². The minimum Gasteiger partial charge on any atom is -0.834 e. The lowest BCUT2D eigenvalue weighted by molar-refractivity contribution is -0.945. The zero-order valence-corrected chi connectivity index (χ0v) is 20.2. The largest absolute Gasteiger partial charge is 0.834 e. The van der Waals surface area contributed by atoms with Gasteiger partial charge in [-0.15, -0.1) is 0 Å². The van der Waals surface area contributed by atoms with Gasteiger partial charge in [0, 0.05) is 31.3 Å². The molecular weight excluding hydrogens is 454 g/mol. The third-order valence-corrected chi connectivity index (χ3v) is 8.73. The molecule has 0 aliphatic carbocycles. The zero-order valence-electron chi connectivity index (χ0n) is 18.6. The molecule has 3 aromatic rings. The van der Waals surface area contributed by atoms with Gasteiger partial charge < -0.3 is 19.1 Å². The lowest BCUT2D eigenvalue weighted by Gasteiger charge is -2.55. The SMILES string of the molecule is O=C(OC12CC[N+](CCCOc3ccccc3)(CC1)CC2)C([O-])(c1ccsc1)c1ccsc1. The van der Waals surface area contributed by atoms with E-state index in [9.17, 15) is 9.90 Å². The van der Waals surface area contributed by atoms with Crippen LogP contribution in [0.1, 0.15) is 36.8 Å². The third-order valence-electron chi connectivity index (χ3n) is 7.37. The summed E-state index contributed by atoms with van der Waals surface area (Å²) in [7, 11) is 0. The Morgan fingerprint density at radius 1 is 0.970 bits per heavy atom. The summed E-state index contributed by atoms with van der Waals surface area (Å²) in [5.74, 6) is 0.260. The number of esters is 1. The summed E-state index contributed by atoms with van der Waals surface area (Å²) >= 11 is 2.86. The molecule has 5 nitrogen and oxygen atoms in total. The Morgan fingerprint density at radius 2 is 1.58 bits per heavy atom. The van der Waals surface area contributed by atoms with Crippen molar-refractivity contribution in [2.45, 2.75) is 36.9 Å². The van der Waals surface area contributed by atoms with Crippen LogP contribution in [0.3, 0.4) is 0 Å². The summed E-state index contributed by atoms with van der Waals surface area (Å²) in [6.07, 6.45) is 3.46. The molecule has 0 N–H and O–H groups in total. The highest BCUT2D eigenvalue weighted by atomic mass is 32.1. The van der Waals surface area contributed by atoms with Crippen molar-refractivity contribution >= 4 is 28.6 Å². The molecule has 2 bridgehead atoms. The number of ether oxygens (including phenoxy) is 2. The van der Waals surface area contributed by atoms with Gasteiger partial charge in [0.25, 0.3) is 0 Å². The number of carbonyl (C=O) groups is 1. The van der Waals surface area contributed by atoms with Crippen molar-refractivity contribution in [3.8, 4) is 5.75 Å². The average Bonchev–Trinajstić information content (AvgIpc) is 3.59. The van der Waals surface area contributed by atoms with E-state index in [2.05, 4.69) is 0 Å². The summed E-state index contributed by atoms with van der Waals surface area (Å²) in [4.78, 5) is 13.4. The summed E-state index contributed by atoms with van der Waals surface area (Å²) in [6, 6.07) is 13.4. The molecular formula is C26H29NO4S2. The van der Waals surface area contributed by atoms with Crippen LogP contribution in [0.2, 0.25) is 0 Å². The van der Waals surface area contributed by atoms with Crippen molar-refractivity contribution in [3.05, 3.63) is 75.1 Å². The number of piperidine rings is 3. The van der Waals surface area contributed by atoms with E-state index in [1.54, 1.807) is 22.9 Å². The van der Waals surface area contributed by atoms with Crippen LogP contribution in [0.5, 0.6) is 5.75 Å². The lowest BCUT2D eigenvalue weighted by Crippen LogP contribution is -2.66. The van der Waals surface area contributed by atoms with Crippen LogP contribution in [0.15, 0.2) is 64.0 Å². The van der Waals surface area contributed by atoms with Gasteiger partial charge in [-0.05, 0) is 56.9 Å². The number of rotatable bonds is 9. The van der Waals surface area contributed by atoms with Gasteiger partial charge in [-0.2, -0.15) is 22.7 Å². The quantitative estimate of drug-likeness (QED) is 0.260. The van der Waals surface area contributed by atoms with Crippen LogP contribution in [0.25, 0.3) is 0 Å². The molecule has 0 radical (unpaired) electrons. The highest BCUT2D eigenvalue weighted by molar-refractivity contribution is 7.08. The van der Waals surface area contributed by atoms with Crippen molar-refractivity contribution in [2.24, 2.45) is 0 Å². The molecule has 0 spiro atoms. The van der Waals surface area contributed by atoms with Crippen molar-refractivity contribution in [2.75, 3.05) is 32.8 Å². The number of para-hydroxylation sites is 1. The number of fused-ring (bicyclic) bond motifs is 3. The molecule has 2 aromatic heterocycles. The normalized spacial score (nSPS) is 24.5. The van der Waals surface area contributed by atoms with Gasteiger partial charge in [-0.3, -0.25) is 4.79 Å². The summed E-state index contributed by atoms with van der Waals surface area (Å²) in [5, 5.41) is 21.2. The first kappa shape index (κ1) is 22.6. The average molecular weight is 484 g/mol. The van der Waals surface area contributed by atoms with Gasteiger partial charge >= 0.3 is 5.97 Å². The van der Waals surface area contributed by atoms with Gasteiger partial charge in [0.15, 0.2) is 0 Å². The zero-order chi connectivity index (χ0) is 22.8. The highest BCUT2D eigenvalue weighted by Crippen LogP contribution is 2.42. The maximum absolute atomic E-state index is 13.9. The second-order valence-electron chi connectivity index (χ2n) is 9.28. The second-order valence-corrected chi connectivity index (χ2v) is 10.8. The smallest absolute Gasteiger partial charge is 0.304 e. The molecule has 6 rings (SSSR count). The number of benzene rings is 1. The number of quaternary nitrogens is 1. The van der Waals surface area contributed by atoms with Crippen molar-refractivity contribution in [1.29, 1.82) is 0 Å². The van der Waals surface area contributed by atoms with Crippen LogP contribution in [0, 0.1) is 0 Å². The van der Waals surface area contributed by atoms with E-state index in [1.165, 1.54) is 22.7 Å². The fourth-order valence-corrected chi connectivity index (χ4v) is 6.62. The molecule has 0 atom stereocenters. The number of nitrogens with zero attached hydrogens (tertiary/aromatic N) is 1. The van der Waals surface area contributed by atoms with Gasteiger partial charge in [0.1, 0.15) is 11.4 Å². The Hall–Kier alpha value is -2.19. The van der Waals surface area contributed by atoms with Gasteiger partial charge in [0.05, 0.1) is 32.8 Å². The van der Waals surface area contributed by atoms with Gasteiger partial charge in [-0.25, -0.2) is 0 Å². The first-order chi connectivity index (χ1) is 16.0. The molecule has 7 heteroatoms. The summed E-state index contributed by atoms with van der Waals surface area (Å²) < 4.78 is 13.1. The predicted octanol–water partition coefficient (Wildman–Crippen LogP) is 4.18. The molecule has 3 fully saturated rings. The lowest BCUT2D eigenvalue weighted by atomic mass is 9.80. The summed E-state index contributed by atoms with van der Waals surface area (Å²) in [5.41, 5.74) is -1.55. The van der Waals surface area contributed by atoms with Crippen LogP contribution < -0.4 is 9.84 Å². The molecule has 1 aromatic carbocycles. The molecule has 33 heavy (non-hydrogen) atoms. The maximum atomic E-state index is 13.9. The van der Waals surface area contributed by atoms with E-state index < -0.39 is 17.2 Å². The first-order valence-electron chi connectivity index (χ1n) is 11.6. The van der Waals surface area contributed by atoms with Gasteiger partial charge in [0.2, 0.25) is 0 Å². The predicted molar refractivity (Wildman–Crippen MR) is 128 cm³/mol. The number of thiophene rings is 2. The summed E-state index contributed by atoms with van der Waals surface area (Å²) in [6.45, 7) is 4.75. The Morgan fingerprint density at radius 3 is 2.12 bits per heavy atom. The molecule has 174 valence electrons. The van der Waals surface area contributed by atoms with E-state index in [0.29, 0.717) is 17.7 Å². The van der Waals surface area contributed by atoms with Crippen LogP contribution >= 0.6 is 22.7 Å². The first-order valence-corrected chi connectivity index (χ1v) is 13.4. The number of hydrogen-bond donors (Lipinski definition) is 0. The Kier molecular flexibility index (Phi) is 6.31.